The van der Waals surface area contributed by atoms with Gasteiger partial charge < -0.3 is 19.3 Å². The van der Waals surface area contributed by atoms with E-state index in [-0.39, 0.29) is 12.1 Å². The largest absolute Gasteiger partial charge is 0.489 e. The summed E-state index contributed by atoms with van der Waals surface area (Å²) in [7, 11) is 0. The van der Waals surface area contributed by atoms with Crippen LogP contribution in [0.4, 0.5) is 0 Å². The Morgan fingerprint density at radius 1 is 1.00 bits per heavy atom. The molecule has 2 heterocycles. The van der Waals surface area contributed by atoms with Crippen molar-refractivity contribution >= 4 is 17.6 Å². The summed E-state index contributed by atoms with van der Waals surface area (Å²) in [5.74, 6) is 1.30. The van der Waals surface area contributed by atoms with Crippen molar-refractivity contribution in [2.75, 3.05) is 6.61 Å². The number of benzene rings is 4. The number of aliphatic carboxylic acids is 1. The molecule has 0 spiro atoms. The molecule has 210 valence electrons. The SMILES string of the molecule is CC[C@@H](c1ccccc1)N1Cc2cc3c(cc2C[C@H]1C(=O)O)OC[C@H](c1ccc(OCc2cccc(Cl)c2)cc1)O3. The van der Waals surface area contributed by atoms with Gasteiger partial charge in [0.1, 0.15) is 25.0 Å². The molecule has 0 radical (unpaired) electrons. The van der Waals surface area contributed by atoms with Crippen LogP contribution in [0.2, 0.25) is 5.02 Å². The maximum Gasteiger partial charge on any atom is 0.321 e. The van der Waals surface area contributed by atoms with E-state index in [1.165, 1.54) is 0 Å². The van der Waals surface area contributed by atoms with Gasteiger partial charge in [-0.1, -0.05) is 73.1 Å². The number of hydrogen-bond acceptors (Lipinski definition) is 5. The zero-order valence-corrected chi connectivity index (χ0v) is 23.6. The van der Waals surface area contributed by atoms with E-state index in [4.69, 9.17) is 25.8 Å². The van der Waals surface area contributed by atoms with Gasteiger partial charge in [-0.25, -0.2) is 0 Å². The molecule has 2 aliphatic heterocycles. The molecule has 3 atom stereocenters. The fourth-order valence-corrected chi connectivity index (χ4v) is 6.01. The van der Waals surface area contributed by atoms with Gasteiger partial charge in [-0.3, -0.25) is 9.69 Å². The van der Waals surface area contributed by atoms with Crippen LogP contribution in [-0.4, -0.2) is 28.6 Å². The second-order valence-corrected chi connectivity index (χ2v) is 11.0. The minimum absolute atomic E-state index is 0.00556. The second kappa shape index (κ2) is 11.9. The molecule has 0 aromatic heterocycles. The Morgan fingerprint density at radius 2 is 1.78 bits per heavy atom. The number of fused-ring (bicyclic) bond motifs is 2. The highest BCUT2D eigenvalue weighted by molar-refractivity contribution is 6.30. The van der Waals surface area contributed by atoms with Crippen molar-refractivity contribution in [1.29, 1.82) is 0 Å². The number of ether oxygens (including phenoxy) is 3. The molecule has 0 bridgehead atoms. The molecule has 0 saturated carbocycles. The number of carbonyl (C=O) groups is 1. The van der Waals surface area contributed by atoms with Gasteiger partial charge in [0.2, 0.25) is 0 Å². The number of hydrogen-bond donors (Lipinski definition) is 1. The van der Waals surface area contributed by atoms with E-state index in [0.29, 0.717) is 42.7 Å². The quantitative estimate of drug-likeness (QED) is 0.238. The van der Waals surface area contributed by atoms with Crippen LogP contribution in [0.15, 0.2) is 91.0 Å². The van der Waals surface area contributed by atoms with Crippen LogP contribution < -0.4 is 14.2 Å². The van der Waals surface area contributed by atoms with Crippen LogP contribution in [0.1, 0.15) is 53.3 Å². The lowest BCUT2D eigenvalue weighted by Gasteiger charge is -2.40. The molecule has 2 aliphatic rings. The van der Waals surface area contributed by atoms with Crippen molar-refractivity contribution in [3.8, 4) is 17.2 Å². The summed E-state index contributed by atoms with van der Waals surface area (Å²) in [4.78, 5) is 14.5. The third-order valence-corrected chi connectivity index (χ3v) is 8.13. The Balaban J connectivity index is 1.18. The molecule has 6 nitrogen and oxygen atoms in total. The molecule has 1 N–H and O–H groups in total. The van der Waals surface area contributed by atoms with Crippen LogP contribution in [0.5, 0.6) is 17.2 Å². The third kappa shape index (κ3) is 5.90. The van der Waals surface area contributed by atoms with Crippen molar-refractivity contribution in [1.82, 2.24) is 4.90 Å². The van der Waals surface area contributed by atoms with Gasteiger partial charge in [0, 0.05) is 17.6 Å². The van der Waals surface area contributed by atoms with Crippen molar-refractivity contribution in [3.05, 3.63) is 124 Å². The second-order valence-electron chi connectivity index (χ2n) is 10.5. The van der Waals surface area contributed by atoms with E-state index in [1.54, 1.807) is 0 Å². The summed E-state index contributed by atoms with van der Waals surface area (Å²) >= 11 is 6.07. The highest BCUT2D eigenvalue weighted by Crippen LogP contribution is 2.42. The summed E-state index contributed by atoms with van der Waals surface area (Å²) in [6.07, 6.45) is 0.973. The lowest BCUT2D eigenvalue weighted by atomic mass is 9.89. The highest BCUT2D eigenvalue weighted by Gasteiger charge is 2.37. The topological polar surface area (TPSA) is 68.2 Å². The van der Waals surface area contributed by atoms with Crippen molar-refractivity contribution < 1.29 is 24.1 Å². The molecule has 41 heavy (non-hydrogen) atoms. The maximum absolute atomic E-state index is 12.4. The summed E-state index contributed by atoms with van der Waals surface area (Å²) in [5.41, 5.74) is 5.20. The van der Waals surface area contributed by atoms with Crippen molar-refractivity contribution in [2.45, 2.75) is 51.1 Å². The summed E-state index contributed by atoms with van der Waals surface area (Å²) in [5, 5.41) is 10.8. The van der Waals surface area contributed by atoms with Gasteiger partial charge in [0.05, 0.1) is 0 Å². The lowest BCUT2D eigenvalue weighted by molar-refractivity contribution is -0.145. The Morgan fingerprint density at radius 3 is 2.51 bits per heavy atom. The smallest absolute Gasteiger partial charge is 0.321 e. The van der Waals surface area contributed by atoms with Gasteiger partial charge in [-0.05, 0) is 77.1 Å². The predicted octanol–water partition coefficient (Wildman–Crippen LogP) is 7.39. The van der Waals surface area contributed by atoms with Crippen molar-refractivity contribution in [2.24, 2.45) is 0 Å². The van der Waals surface area contributed by atoms with Crippen LogP contribution in [-0.2, 0) is 24.4 Å². The molecular formula is C34H32ClNO5. The Bertz CT molecular complexity index is 1520. The Labute approximate surface area is 245 Å². The minimum atomic E-state index is -0.806. The first-order valence-corrected chi connectivity index (χ1v) is 14.3. The van der Waals surface area contributed by atoms with E-state index in [0.717, 1.165) is 40.0 Å². The van der Waals surface area contributed by atoms with Crippen LogP contribution >= 0.6 is 11.6 Å². The predicted molar refractivity (Wildman–Crippen MR) is 158 cm³/mol. The van der Waals surface area contributed by atoms with Crippen molar-refractivity contribution in [3.63, 3.8) is 0 Å². The van der Waals surface area contributed by atoms with Gasteiger partial charge >= 0.3 is 5.97 Å². The average molecular weight is 570 g/mol. The van der Waals surface area contributed by atoms with Gasteiger partial charge in [0.15, 0.2) is 17.6 Å². The number of halogens is 1. The van der Waals surface area contributed by atoms with E-state index in [2.05, 4.69) is 24.0 Å². The molecule has 7 heteroatoms. The number of nitrogens with zero attached hydrogens (tertiary/aromatic N) is 1. The number of carboxylic acids is 1. The molecule has 0 unspecified atom stereocenters. The molecule has 4 aromatic carbocycles. The van der Waals surface area contributed by atoms with Gasteiger partial charge in [0.25, 0.3) is 0 Å². The third-order valence-electron chi connectivity index (χ3n) is 7.89. The Hall–Kier alpha value is -4.00. The van der Waals surface area contributed by atoms with E-state index < -0.39 is 12.0 Å². The number of rotatable bonds is 8. The fourth-order valence-electron chi connectivity index (χ4n) is 5.80. The molecule has 6 rings (SSSR count). The summed E-state index contributed by atoms with van der Waals surface area (Å²) in [6.45, 7) is 3.44. The Kier molecular flexibility index (Phi) is 7.86. The zero-order chi connectivity index (χ0) is 28.3. The lowest BCUT2D eigenvalue weighted by Crippen LogP contribution is -2.47. The van der Waals surface area contributed by atoms with E-state index in [1.807, 2.05) is 78.9 Å². The first kappa shape index (κ1) is 27.2. The molecular weight excluding hydrogens is 538 g/mol. The molecule has 0 fully saturated rings. The molecule has 4 aromatic rings. The first-order chi connectivity index (χ1) is 20.0. The highest BCUT2D eigenvalue weighted by atomic mass is 35.5. The van der Waals surface area contributed by atoms with Crippen LogP contribution in [0.25, 0.3) is 0 Å². The standard InChI is InChI=1S/C34H32ClNO5/c1-2-29(23-8-4-3-5-9-23)36-19-26-18-32-31(17-25(26)16-30(36)34(37)38)40-21-33(41-32)24-11-13-28(14-12-24)39-20-22-7-6-10-27(35)15-22/h3-15,17-18,29-30,33H,2,16,19-21H2,1H3,(H,37,38)/t29-,30-,33+/m0/s1. The molecule has 0 saturated heterocycles. The van der Waals surface area contributed by atoms with Gasteiger partial charge in [-0.2, -0.15) is 0 Å². The van der Waals surface area contributed by atoms with Gasteiger partial charge in [-0.15, -0.1) is 0 Å². The number of carboxylic acid groups (broad SMARTS) is 1. The maximum atomic E-state index is 12.4. The molecule has 0 amide bonds. The van der Waals surface area contributed by atoms with E-state index in [9.17, 15) is 9.90 Å². The monoisotopic (exact) mass is 569 g/mol. The first-order valence-electron chi connectivity index (χ1n) is 13.9. The zero-order valence-electron chi connectivity index (χ0n) is 22.8. The van der Waals surface area contributed by atoms with Crippen LogP contribution in [0, 0.1) is 0 Å². The summed E-state index contributed by atoms with van der Waals surface area (Å²) < 4.78 is 18.5. The fraction of sp³-hybridized carbons (Fsp3) is 0.265. The average Bonchev–Trinajstić information content (AvgIpc) is 2.99. The van der Waals surface area contributed by atoms with E-state index >= 15 is 0 Å². The summed E-state index contributed by atoms with van der Waals surface area (Å²) in [6, 6.07) is 29.0. The minimum Gasteiger partial charge on any atom is -0.489 e. The molecule has 0 aliphatic carbocycles. The van der Waals surface area contributed by atoms with Crippen LogP contribution in [0.3, 0.4) is 0 Å². The normalized spacial score (nSPS) is 18.8.